The molecule has 0 aliphatic carbocycles. The van der Waals surface area contributed by atoms with Crippen LogP contribution in [0.25, 0.3) is 0 Å². The standard InChI is InChI=1S/C9H17N3O2S2/c1-7(2)11-6-8(3)16(13,14)12-9-10-4-5-15-9/h4-5,7-8,11H,6H2,1-3H3,(H,10,12). The molecule has 0 saturated heterocycles. The Kier molecular flexibility index (Phi) is 4.69. The van der Waals surface area contributed by atoms with Gasteiger partial charge in [0.2, 0.25) is 10.0 Å². The van der Waals surface area contributed by atoms with Crippen LogP contribution in [0.15, 0.2) is 11.6 Å². The third-order valence-electron chi connectivity index (χ3n) is 2.01. The van der Waals surface area contributed by atoms with Crippen molar-refractivity contribution < 1.29 is 8.42 Å². The molecule has 16 heavy (non-hydrogen) atoms. The van der Waals surface area contributed by atoms with Crippen molar-refractivity contribution in [3.05, 3.63) is 11.6 Å². The number of rotatable bonds is 6. The zero-order chi connectivity index (χ0) is 12.2. The molecular weight excluding hydrogens is 246 g/mol. The highest BCUT2D eigenvalue weighted by molar-refractivity contribution is 7.93. The summed E-state index contributed by atoms with van der Waals surface area (Å²) in [5.41, 5.74) is 0. The molecule has 0 aliphatic heterocycles. The van der Waals surface area contributed by atoms with E-state index in [9.17, 15) is 8.42 Å². The number of nitrogens with one attached hydrogen (secondary N) is 2. The van der Waals surface area contributed by atoms with Gasteiger partial charge >= 0.3 is 0 Å². The minimum absolute atomic E-state index is 0.275. The fourth-order valence-corrected chi connectivity index (χ4v) is 2.73. The van der Waals surface area contributed by atoms with Crippen molar-refractivity contribution in [3.8, 4) is 0 Å². The number of hydrogen-bond donors (Lipinski definition) is 2. The molecule has 1 aromatic rings. The third-order valence-corrected chi connectivity index (χ3v) is 4.53. The maximum atomic E-state index is 11.8. The number of sulfonamides is 1. The molecule has 0 saturated carbocycles. The molecule has 1 heterocycles. The molecule has 5 nitrogen and oxygen atoms in total. The van der Waals surface area contributed by atoms with Gasteiger partial charge in [0.1, 0.15) is 0 Å². The minimum atomic E-state index is -3.34. The number of thiazole rings is 1. The second-order valence-electron chi connectivity index (χ2n) is 3.86. The topological polar surface area (TPSA) is 71.1 Å². The van der Waals surface area contributed by atoms with Crippen molar-refractivity contribution in [3.63, 3.8) is 0 Å². The molecule has 0 aromatic carbocycles. The first kappa shape index (κ1) is 13.4. The summed E-state index contributed by atoms with van der Waals surface area (Å²) in [7, 11) is -3.34. The Morgan fingerprint density at radius 3 is 2.62 bits per heavy atom. The van der Waals surface area contributed by atoms with E-state index >= 15 is 0 Å². The predicted octanol–water partition coefficient (Wildman–Crippen LogP) is 1.27. The summed E-state index contributed by atoms with van der Waals surface area (Å²) in [4.78, 5) is 3.89. The van der Waals surface area contributed by atoms with E-state index in [0.29, 0.717) is 11.7 Å². The SMILES string of the molecule is CC(C)NCC(C)S(=O)(=O)Nc1nccs1. The van der Waals surface area contributed by atoms with Gasteiger partial charge in [-0.05, 0) is 6.92 Å². The van der Waals surface area contributed by atoms with Crippen LogP contribution < -0.4 is 10.0 Å². The summed E-state index contributed by atoms with van der Waals surface area (Å²) in [5, 5.41) is 4.75. The van der Waals surface area contributed by atoms with E-state index in [2.05, 4.69) is 15.0 Å². The van der Waals surface area contributed by atoms with Crippen LogP contribution in [-0.4, -0.2) is 31.2 Å². The molecule has 0 bridgehead atoms. The second kappa shape index (κ2) is 5.60. The molecule has 1 atom stereocenters. The average molecular weight is 263 g/mol. The molecule has 92 valence electrons. The summed E-state index contributed by atoms with van der Waals surface area (Å²) in [6, 6.07) is 0.275. The first-order chi connectivity index (χ1) is 7.42. The van der Waals surface area contributed by atoms with E-state index < -0.39 is 15.3 Å². The Bertz CT molecular complexity index is 400. The highest BCUT2D eigenvalue weighted by Gasteiger charge is 2.21. The lowest BCUT2D eigenvalue weighted by molar-refractivity contribution is 0.553. The van der Waals surface area contributed by atoms with Gasteiger partial charge < -0.3 is 5.32 Å². The van der Waals surface area contributed by atoms with Gasteiger partial charge in [-0.25, -0.2) is 13.4 Å². The van der Waals surface area contributed by atoms with E-state index in [1.165, 1.54) is 11.3 Å². The van der Waals surface area contributed by atoms with Crippen molar-refractivity contribution in [1.29, 1.82) is 0 Å². The van der Waals surface area contributed by atoms with Gasteiger partial charge in [0.15, 0.2) is 5.13 Å². The Labute approximate surface area is 100 Å². The van der Waals surface area contributed by atoms with Crippen LogP contribution in [0.4, 0.5) is 5.13 Å². The van der Waals surface area contributed by atoms with Gasteiger partial charge in [-0.15, -0.1) is 11.3 Å². The van der Waals surface area contributed by atoms with Crippen molar-refractivity contribution in [2.75, 3.05) is 11.3 Å². The van der Waals surface area contributed by atoms with E-state index in [4.69, 9.17) is 0 Å². The molecule has 0 aliphatic rings. The van der Waals surface area contributed by atoms with Crippen LogP contribution in [0.3, 0.4) is 0 Å². The Morgan fingerprint density at radius 1 is 1.44 bits per heavy atom. The predicted molar refractivity (Wildman–Crippen MR) is 67.3 cm³/mol. The zero-order valence-electron chi connectivity index (χ0n) is 9.60. The van der Waals surface area contributed by atoms with Gasteiger partial charge in [0.25, 0.3) is 0 Å². The van der Waals surface area contributed by atoms with Gasteiger partial charge in [-0.3, -0.25) is 4.72 Å². The van der Waals surface area contributed by atoms with Crippen LogP contribution in [0.5, 0.6) is 0 Å². The summed E-state index contributed by atoms with van der Waals surface area (Å²) >= 11 is 1.27. The third kappa shape index (κ3) is 4.07. The number of hydrogen-bond acceptors (Lipinski definition) is 5. The monoisotopic (exact) mass is 263 g/mol. The molecule has 0 amide bonds. The minimum Gasteiger partial charge on any atom is -0.313 e. The molecule has 0 spiro atoms. The summed E-state index contributed by atoms with van der Waals surface area (Å²) in [5.74, 6) is 0. The smallest absolute Gasteiger partial charge is 0.238 e. The maximum absolute atomic E-state index is 11.8. The van der Waals surface area contributed by atoms with E-state index in [1.807, 2.05) is 13.8 Å². The van der Waals surface area contributed by atoms with Gasteiger partial charge in [-0.1, -0.05) is 13.8 Å². The highest BCUT2D eigenvalue weighted by Crippen LogP contribution is 2.14. The Hall–Kier alpha value is -0.660. The molecule has 0 radical (unpaired) electrons. The van der Waals surface area contributed by atoms with Crippen molar-refractivity contribution in [2.24, 2.45) is 0 Å². The number of nitrogens with zero attached hydrogens (tertiary/aromatic N) is 1. The first-order valence-electron chi connectivity index (χ1n) is 5.06. The molecule has 1 aromatic heterocycles. The lowest BCUT2D eigenvalue weighted by Gasteiger charge is -2.15. The number of aromatic nitrogens is 1. The maximum Gasteiger partial charge on any atom is 0.238 e. The lowest BCUT2D eigenvalue weighted by Crippen LogP contribution is -2.37. The largest absolute Gasteiger partial charge is 0.313 e. The zero-order valence-corrected chi connectivity index (χ0v) is 11.2. The summed E-state index contributed by atoms with van der Waals surface area (Å²) < 4.78 is 26.1. The van der Waals surface area contributed by atoms with Gasteiger partial charge in [-0.2, -0.15) is 0 Å². The fraction of sp³-hybridized carbons (Fsp3) is 0.667. The fourth-order valence-electron chi connectivity index (χ4n) is 1.01. The van der Waals surface area contributed by atoms with Crippen LogP contribution in [0.2, 0.25) is 0 Å². The van der Waals surface area contributed by atoms with Crippen molar-refractivity contribution in [1.82, 2.24) is 10.3 Å². The van der Waals surface area contributed by atoms with Crippen LogP contribution >= 0.6 is 11.3 Å². The van der Waals surface area contributed by atoms with E-state index in [1.54, 1.807) is 18.5 Å². The van der Waals surface area contributed by atoms with Crippen LogP contribution in [0, 0.1) is 0 Å². The Balaban J connectivity index is 2.56. The second-order valence-corrected chi connectivity index (χ2v) is 6.85. The van der Waals surface area contributed by atoms with Crippen molar-refractivity contribution >= 4 is 26.5 Å². The van der Waals surface area contributed by atoms with E-state index in [0.717, 1.165) is 0 Å². The molecule has 1 rings (SSSR count). The number of anilines is 1. The van der Waals surface area contributed by atoms with Gasteiger partial charge in [0, 0.05) is 24.2 Å². The quantitative estimate of drug-likeness (QED) is 0.811. The van der Waals surface area contributed by atoms with Crippen LogP contribution in [0.1, 0.15) is 20.8 Å². The molecule has 7 heteroatoms. The molecule has 0 fully saturated rings. The lowest BCUT2D eigenvalue weighted by atomic mass is 10.3. The normalized spacial score (nSPS) is 14.0. The summed E-state index contributed by atoms with van der Waals surface area (Å²) in [6.07, 6.45) is 1.57. The average Bonchev–Trinajstić information content (AvgIpc) is 2.65. The van der Waals surface area contributed by atoms with Crippen molar-refractivity contribution in [2.45, 2.75) is 32.1 Å². The Morgan fingerprint density at radius 2 is 2.12 bits per heavy atom. The van der Waals surface area contributed by atoms with E-state index in [-0.39, 0.29) is 6.04 Å². The van der Waals surface area contributed by atoms with Crippen LogP contribution in [-0.2, 0) is 10.0 Å². The first-order valence-corrected chi connectivity index (χ1v) is 7.49. The summed E-state index contributed by atoms with van der Waals surface area (Å²) in [6.45, 7) is 6.06. The molecular formula is C9H17N3O2S2. The molecule has 1 unspecified atom stereocenters. The molecule has 2 N–H and O–H groups in total. The van der Waals surface area contributed by atoms with Gasteiger partial charge in [0.05, 0.1) is 5.25 Å². The highest BCUT2D eigenvalue weighted by atomic mass is 32.2.